The molecule has 0 spiro atoms. The molecule has 0 atom stereocenters. The molecule has 0 saturated heterocycles. The predicted octanol–water partition coefficient (Wildman–Crippen LogP) is 3.24. The first-order valence-corrected chi connectivity index (χ1v) is 6.28. The Labute approximate surface area is 119 Å². The Hall–Kier alpha value is -2.53. The quantitative estimate of drug-likeness (QED) is 0.726. The number of halogens is 1. The van der Waals surface area contributed by atoms with E-state index in [0.717, 1.165) is 0 Å². The van der Waals surface area contributed by atoms with Gasteiger partial charge in [-0.15, -0.1) is 0 Å². The highest BCUT2D eigenvalue weighted by molar-refractivity contribution is 6.30. The Morgan fingerprint density at radius 1 is 1.15 bits per heavy atom. The average molecular weight is 288 g/mol. The number of oxazole rings is 1. The summed E-state index contributed by atoms with van der Waals surface area (Å²) in [4.78, 5) is 16.1. The minimum absolute atomic E-state index is 0.224. The lowest BCUT2D eigenvalue weighted by Gasteiger charge is -2.04. The van der Waals surface area contributed by atoms with Crippen LogP contribution in [0.25, 0.3) is 11.1 Å². The molecule has 1 aromatic heterocycles. The number of benzene rings is 2. The highest BCUT2D eigenvalue weighted by Gasteiger charge is 2.08. The Morgan fingerprint density at radius 2 is 2.00 bits per heavy atom. The van der Waals surface area contributed by atoms with Gasteiger partial charge < -0.3 is 4.42 Å². The highest BCUT2D eigenvalue weighted by Crippen LogP contribution is 2.17. The van der Waals surface area contributed by atoms with E-state index < -0.39 is 0 Å². The first-order chi connectivity index (χ1) is 9.72. The highest BCUT2D eigenvalue weighted by atomic mass is 35.5. The predicted molar refractivity (Wildman–Crippen MR) is 76.5 cm³/mol. The van der Waals surface area contributed by atoms with E-state index in [0.29, 0.717) is 21.7 Å². The minimum atomic E-state index is -0.324. The number of rotatable bonds is 3. The molecule has 0 saturated carbocycles. The third-order valence-electron chi connectivity index (χ3n) is 2.66. The van der Waals surface area contributed by atoms with Crippen LogP contribution in [0.1, 0.15) is 10.4 Å². The molecular weight excluding hydrogens is 278 g/mol. The van der Waals surface area contributed by atoms with Crippen molar-refractivity contribution < 1.29 is 9.21 Å². The Kier molecular flexibility index (Phi) is 3.26. The van der Waals surface area contributed by atoms with Crippen LogP contribution in [-0.4, -0.2) is 10.9 Å². The van der Waals surface area contributed by atoms with Gasteiger partial charge in [0.1, 0.15) is 5.52 Å². The van der Waals surface area contributed by atoms with Crippen molar-refractivity contribution in [2.24, 2.45) is 0 Å². The SMILES string of the molecule is O=C(NNc1nc2ccccc2o1)c1cccc(Cl)c1. The fraction of sp³-hybridized carbons (Fsp3) is 0. The van der Waals surface area contributed by atoms with E-state index in [9.17, 15) is 4.79 Å². The van der Waals surface area contributed by atoms with E-state index in [-0.39, 0.29) is 11.9 Å². The van der Waals surface area contributed by atoms with E-state index in [1.54, 1.807) is 30.3 Å². The Bertz CT molecular complexity index is 737. The monoisotopic (exact) mass is 287 g/mol. The zero-order valence-electron chi connectivity index (χ0n) is 10.3. The van der Waals surface area contributed by atoms with Gasteiger partial charge in [0.2, 0.25) is 0 Å². The van der Waals surface area contributed by atoms with Crippen molar-refractivity contribution in [3.63, 3.8) is 0 Å². The van der Waals surface area contributed by atoms with Gasteiger partial charge in [-0.1, -0.05) is 29.8 Å². The summed E-state index contributed by atoms with van der Waals surface area (Å²) in [7, 11) is 0. The lowest BCUT2D eigenvalue weighted by atomic mass is 10.2. The Morgan fingerprint density at radius 3 is 2.80 bits per heavy atom. The van der Waals surface area contributed by atoms with Crippen LogP contribution >= 0.6 is 11.6 Å². The summed E-state index contributed by atoms with van der Waals surface area (Å²) < 4.78 is 5.42. The third kappa shape index (κ3) is 2.57. The zero-order valence-corrected chi connectivity index (χ0v) is 11.0. The standard InChI is InChI=1S/C14H10ClN3O2/c15-10-5-3-4-9(8-10)13(19)17-18-14-16-11-6-1-2-7-12(11)20-14/h1-8H,(H,16,18)(H,17,19). The van der Waals surface area contributed by atoms with E-state index in [1.807, 2.05) is 18.2 Å². The summed E-state index contributed by atoms with van der Waals surface area (Å²) in [6, 6.07) is 14.2. The molecule has 20 heavy (non-hydrogen) atoms. The van der Waals surface area contributed by atoms with E-state index >= 15 is 0 Å². The number of fused-ring (bicyclic) bond motifs is 1. The van der Waals surface area contributed by atoms with Crippen molar-refractivity contribution in [3.05, 3.63) is 59.1 Å². The van der Waals surface area contributed by atoms with Crippen LogP contribution in [0.5, 0.6) is 0 Å². The van der Waals surface area contributed by atoms with Crippen molar-refractivity contribution in [2.75, 3.05) is 5.43 Å². The molecule has 0 radical (unpaired) electrons. The summed E-state index contributed by atoms with van der Waals surface area (Å²) in [6.45, 7) is 0. The first kappa shape index (κ1) is 12.5. The van der Waals surface area contributed by atoms with Gasteiger partial charge in [0.15, 0.2) is 5.58 Å². The molecule has 0 aliphatic rings. The number of carbonyl (C=O) groups is 1. The van der Waals surface area contributed by atoms with E-state index in [1.165, 1.54) is 0 Å². The molecule has 6 heteroatoms. The molecule has 3 aromatic rings. The maximum atomic E-state index is 11.9. The van der Waals surface area contributed by atoms with Crippen LogP contribution in [0, 0.1) is 0 Å². The summed E-state index contributed by atoms with van der Waals surface area (Å²) >= 11 is 5.83. The van der Waals surface area contributed by atoms with Crippen LogP contribution in [-0.2, 0) is 0 Å². The second kappa shape index (κ2) is 5.22. The minimum Gasteiger partial charge on any atom is -0.422 e. The molecule has 2 aromatic carbocycles. The molecule has 1 heterocycles. The fourth-order valence-electron chi connectivity index (χ4n) is 1.74. The van der Waals surface area contributed by atoms with E-state index in [2.05, 4.69) is 15.8 Å². The molecule has 0 aliphatic heterocycles. The van der Waals surface area contributed by atoms with E-state index in [4.69, 9.17) is 16.0 Å². The summed E-state index contributed by atoms with van der Waals surface area (Å²) in [5.74, 6) is -0.324. The van der Waals surface area contributed by atoms with Gasteiger partial charge in [0, 0.05) is 10.6 Å². The molecular formula is C14H10ClN3O2. The maximum absolute atomic E-state index is 11.9. The van der Waals surface area contributed by atoms with Crippen LogP contribution in [0.4, 0.5) is 6.01 Å². The first-order valence-electron chi connectivity index (χ1n) is 5.90. The molecule has 1 amide bonds. The van der Waals surface area contributed by atoms with Gasteiger partial charge in [-0.25, -0.2) is 0 Å². The van der Waals surface area contributed by atoms with Crippen LogP contribution in [0.15, 0.2) is 52.9 Å². The number of para-hydroxylation sites is 2. The second-order valence-corrected chi connectivity index (χ2v) is 4.51. The van der Waals surface area contributed by atoms with Crippen LogP contribution < -0.4 is 10.9 Å². The van der Waals surface area contributed by atoms with Gasteiger partial charge in [0.05, 0.1) is 0 Å². The number of aromatic nitrogens is 1. The van der Waals surface area contributed by atoms with Crippen molar-refractivity contribution >= 4 is 34.6 Å². The normalized spacial score (nSPS) is 10.4. The van der Waals surface area contributed by atoms with Gasteiger partial charge >= 0.3 is 6.01 Å². The van der Waals surface area contributed by atoms with Crippen molar-refractivity contribution in [1.82, 2.24) is 10.4 Å². The number of nitrogens with one attached hydrogen (secondary N) is 2. The number of carbonyl (C=O) groups excluding carboxylic acids is 1. The van der Waals surface area contributed by atoms with Gasteiger partial charge in [-0.3, -0.25) is 15.6 Å². The van der Waals surface area contributed by atoms with Crippen LogP contribution in [0.3, 0.4) is 0 Å². The zero-order chi connectivity index (χ0) is 13.9. The molecule has 0 fully saturated rings. The number of amides is 1. The molecule has 3 rings (SSSR count). The number of anilines is 1. The van der Waals surface area contributed by atoms with Crippen molar-refractivity contribution in [1.29, 1.82) is 0 Å². The summed E-state index contributed by atoms with van der Waals surface area (Å²) in [6.07, 6.45) is 0. The van der Waals surface area contributed by atoms with Gasteiger partial charge in [-0.05, 0) is 30.3 Å². The number of hydrazine groups is 1. The Balaban J connectivity index is 1.71. The van der Waals surface area contributed by atoms with Crippen molar-refractivity contribution in [2.45, 2.75) is 0 Å². The fourth-order valence-corrected chi connectivity index (χ4v) is 1.93. The molecule has 5 nitrogen and oxygen atoms in total. The average Bonchev–Trinajstić information content (AvgIpc) is 2.87. The lowest BCUT2D eigenvalue weighted by molar-refractivity contribution is 0.0961. The molecule has 2 N–H and O–H groups in total. The molecule has 0 bridgehead atoms. The number of hydrogen-bond acceptors (Lipinski definition) is 4. The number of nitrogens with zero attached hydrogens (tertiary/aromatic N) is 1. The second-order valence-electron chi connectivity index (χ2n) is 4.08. The third-order valence-corrected chi connectivity index (χ3v) is 2.90. The van der Waals surface area contributed by atoms with Gasteiger partial charge in [0.25, 0.3) is 5.91 Å². The van der Waals surface area contributed by atoms with Crippen molar-refractivity contribution in [3.8, 4) is 0 Å². The molecule has 0 unspecified atom stereocenters. The van der Waals surface area contributed by atoms with Crippen LogP contribution in [0.2, 0.25) is 5.02 Å². The summed E-state index contributed by atoms with van der Waals surface area (Å²) in [5, 5.41) is 0.500. The smallest absolute Gasteiger partial charge is 0.315 e. The lowest BCUT2D eigenvalue weighted by Crippen LogP contribution is -2.29. The van der Waals surface area contributed by atoms with Gasteiger partial charge in [-0.2, -0.15) is 4.98 Å². The molecule has 100 valence electrons. The number of hydrogen-bond donors (Lipinski definition) is 2. The summed E-state index contributed by atoms with van der Waals surface area (Å²) in [5.41, 5.74) is 6.94. The largest absolute Gasteiger partial charge is 0.422 e. The molecule has 0 aliphatic carbocycles. The topological polar surface area (TPSA) is 67.2 Å². The maximum Gasteiger partial charge on any atom is 0.315 e.